The maximum absolute atomic E-state index is 13.0. The van der Waals surface area contributed by atoms with Crippen molar-refractivity contribution in [3.63, 3.8) is 0 Å². The zero-order valence-corrected chi connectivity index (χ0v) is 17.7. The molecule has 0 aliphatic rings. The third-order valence-electron chi connectivity index (χ3n) is 4.78. The molecule has 0 saturated carbocycles. The van der Waals surface area contributed by atoms with Crippen LogP contribution < -0.4 is 10.1 Å². The zero-order valence-electron chi connectivity index (χ0n) is 16.9. The highest BCUT2D eigenvalue weighted by atomic mass is 35.5. The largest absolute Gasteiger partial charge is 0.497 e. The Morgan fingerprint density at radius 1 is 1.24 bits per heavy atom. The van der Waals surface area contributed by atoms with E-state index in [-0.39, 0.29) is 11.9 Å². The molecule has 152 valence electrons. The number of carbonyl (C=O) groups excluding carboxylic acids is 1. The molecule has 1 unspecified atom stereocenters. The lowest BCUT2D eigenvalue weighted by molar-refractivity contribution is 0.0941. The van der Waals surface area contributed by atoms with E-state index in [9.17, 15) is 4.79 Å². The van der Waals surface area contributed by atoms with Crippen molar-refractivity contribution in [2.24, 2.45) is 0 Å². The van der Waals surface area contributed by atoms with Crippen LogP contribution in [0.3, 0.4) is 0 Å². The summed E-state index contributed by atoms with van der Waals surface area (Å²) in [6.07, 6.45) is 0. The van der Waals surface area contributed by atoms with Gasteiger partial charge in [-0.2, -0.15) is 0 Å². The standard InChI is InChI=1S/C22H24ClN3O3/c1-14-20(21(25-29-14)17-10-5-6-11-18(17)23)22(27)24-13-19(26(2)3)15-8-7-9-16(12-15)28-4/h5-12,19H,13H2,1-4H3,(H,24,27). The summed E-state index contributed by atoms with van der Waals surface area (Å²) in [5, 5.41) is 7.58. The van der Waals surface area contributed by atoms with Crippen LogP contribution in [0.25, 0.3) is 11.3 Å². The van der Waals surface area contributed by atoms with Crippen LogP contribution in [0, 0.1) is 6.92 Å². The molecular weight excluding hydrogens is 390 g/mol. The number of aryl methyl sites for hydroxylation is 1. The average molecular weight is 414 g/mol. The summed E-state index contributed by atoms with van der Waals surface area (Å²) in [7, 11) is 5.57. The average Bonchev–Trinajstić information content (AvgIpc) is 3.09. The first-order valence-electron chi connectivity index (χ1n) is 9.22. The number of hydrogen-bond donors (Lipinski definition) is 1. The number of likely N-dealkylation sites (N-methyl/N-ethyl adjacent to an activating group) is 1. The second kappa shape index (κ2) is 9.11. The summed E-state index contributed by atoms with van der Waals surface area (Å²) < 4.78 is 10.6. The highest BCUT2D eigenvalue weighted by Crippen LogP contribution is 2.31. The Balaban J connectivity index is 1.83. The van der Waals surface area contributed by atoms with Crippen molar-refractivity contribution in [3.8, 4) is 17.0 Å². The predicted molar refractivity (Wildman–Crippen MR) is 113 cm³/mol. The Hall–Kier alpha value is -2.83. The van der Waals surface area contributed by atoms with E-state index >= 15 is 0 Å². The smallest absolute Gasteiger partial charge is 0.257 e. The molecule has 1 N–H and O–H groups in total. The van der Waals surface area contributed by atoms with Crippen LogP contribution in [0.2, 0.25) is 5.02 Å². The van der Waals surface area contributed by atoms with Crippen molar-refractivity contribution in [1.82, 2.24) is 15.4 Å². The topological polar surface area (TPSA) is 67.6 Å². The van der Waals surface area contributed by atoms with Crippen LogP contribution >= 0.6 is 11.6 Å². The minimum Gasteiger partial charge on any atom is -0.497 e. The number of rotatable bonds is 7. The maximum Gasteiger partial charge on any atom is 0.257 e. The SMILES string of the molecule is COc1cccc(C(CNC(=O)c2c(-c3ccccc3Cl)noc2C)N(C)C)c1. The number of methoxy groups -OCH3 is 1. The number of benzene rings is 2. The lowest BCUT2D eigenvalue weighted by Crippen LogP contribution is -2.34. The summed E-state index contributed by atoms with van der Waals surface area (Å²) >= 11 is 6.29. The number of halogens is 1. The molecular formula is C22H24ClN3O3. The van der Waals surface area contributed by atoms with E-state index in [2.05, 4.69) is 10.5 Å². The first kappa shape index (κ1) is 20.9. The molecule has 0 bridgehead atoms. The van der Waals surface area contributed by atoms with Crippen LogP contribution in [0.15, 0.2) is 53.1 Å². The number of hydrogen-bond acceptors (Lipinski definition) is 5. The molecule has 2 aromatic carbocycles. The van der Waals surface area contributed by atoms with Gasteiger partial charge in [-0.25, -0.2) is 0 Å². The van der Waals surface area contributed by atoms with Gasteiger partial charge < -0.3 is 19.5 Å². The lowest BCUT2D eigenvalue weighted by Gasteiger charge is -2.25. The first-order valence-corrected chi connectivity index (χ1v) is 9.60. The fourth-order valence-electron chi connectivity index (χ4n) is 3.20. The van der Waals surface area contributed by atoms with E-state index in [1.807, 2.05) is 61.5 Å². The Kier molecular flexibility index (Phi) is 6.56. The molecule has 0 saturated heterocycles. The summed E-state index contributed by atoms with van der Waals surface area (Å²) in [5.41, 5.74) is 2.53. The molecule has 3 aromatic rings. The van der Waals surface area contributed by atoms with E-state index in [1.54, 1.807) is 20.1 Å². The van der Waals surface area contributed by atoms with Gasteiger partial charge in [0.05, 0.1) is 18.2 Å². The van der Waals surface area contributed by atoms with Crippen molar-refractivity contribution in [2.75, 3.05) is 27.7 Å². The summed E-state index contributed by atoms with van der Waals surface area (Å²) in [6.45, 7) is 2.12. The Labute approximate surface area is 175 Å². The van der Waals surface area contributed by atoms with Gasteiger partial charge in [0.1, 0.15) is 22.8 Å². The lowest BCUT2D eigenvalue weighted by atomic mass is 10.0. The molecule has 3 rings (SSSR count). The molecule has 1 atom stereocenters. The van der Waals surface area contributed by atoms with Crippen LogP contribution in [-0.4, -0.2) is 43.7 Å². The van der Waals surface area contributed by atoms with E-state index in [0.29, 0.717) is 34.1 Å². The van der Waals surface area contributed by atoms with Crippen molar-refractivity contribution >= 4 is 17.5 Å². The minimum atomic E-state index is -0.256. The van der Waals surface area contributed by atoms with Crippen molar-refractivity contribution in [2.45, 2.75) is 13.0 Å². The van der Waals surface area contributed by atoms with Crippen LogP contribution in [0.1, 0.15) is 27.7 Å². The predicted octanol–water partition coefficient (Wildman–Crippen LogP) is 4.34. The molecule has 0 fully saturated rings. The highest BCUT2D eigenvalue weighted by Gasteiger charge is 2.24. The van der Waals surface area contributed by atoms with Crippen molar-refractivity contribution in [1.29, 1.82) is 0 Å². The molecule has 1 aromatic heterocycles. The second-order valence-electron chi connectivity index (χ2n) is 6.91. The maximum atomic E-state index is 13.0. The molecule has 0 aliphatic carbocycles. The van der Waals surface area contributed by atoms with Gasteiger partial charge in [0.2, 0.25) is 0 Å². The molecule has 29 heavy (non-hydrogen) atoms. The van der Waals surface area contributed by atoms with Gasteiger partial charge in [-0.05, 0) is 44.8 Å². The van der Waals surface area contributed by atoms with Crippen LogP contribution in [0.5, 0.6) is 5.75 Å². The number of amides is 1. The van der Waals surface area contributed by atoms with Crippen LogP contribution in [-0.2, 0) is 0 Å². The number of nitrogens with one attached hydrogen (secondary N) is 1. The molecule has 1 heterocycles. The van der Waals surface area contributed by atoms with E-state index < -0.39 is 0 Å². The molecule has 1 amide bonds. The Morgan fingerprint density at radius 3 is 2.69 bits per heavy atom. The molecule has 0 spiro atoms. The second-order valence-corrected chi connectivity index (χ2v) is 7.32. The third kappa shape index (κ3) is 4.60. The van der Waals surface area contributed by atoms with Gasteiger partial charge in [0, 0.05) is 12.1 Å². The van der Waals surface area contributed by atoms with Gasteiger partial charge in [-0.15, -0.1) is 0 Å². The van der Waals surface area contributed by atoms with E-state index in [4.69, 9.17) is 20.9 Å². The molecule has 6 nitrogen and oxygen atoms in total. The number of ether oxygens (including phenoxy) is 1. The number of carbonyl (C=O) groups is 1. The normalized spacial score (nSPS) is 12.1. The highest BCUT2D eigenvalue weighted by molar-refractivity contribution is 6.33. The number of nitrogens with zero attached hydrogens (tertiary/aromatic N) is 2. The quantitative estimate of drug-likeness (QED) is 0.623. The van der Waals surface area contributed by atoms with Crippen molar-refractivity contribution < 1.29 is 14.1 Å². The van der Waals surface area contributed by atoms with Crippen LogP contribution in [0.4, 0.5) is 0 Å². The first-order chi connectivity index (χ1) is 13.9. The summed E-state index contributed by atoms with van der Waals surface area (Å²) in [4.78, 5) is 15.1. The molecule has 7 heteroatoms. The van der Waals surface area contributed by atoms with Gasteiger partial charge in [0.25, 0.3) is 5.91 Å². The Morgan fingerprint density at radius 2 is 2.00 bits per heavy atom. The van der Waals surface area contributed by atoms with E-state index in [1.165, 1.54) is 0 Å². The monoisotopic (exact) mass is 413 g/mol. The van der Waals surface area contributed by atoms with Gasteiger partial charge in [-0.3, -0.25) is 4.79 Å². The fourth-order valence-corrected chi connectivity index (χ4v) is 3.43. The summed E-state index contributed by atoms with van der Waals surface area (Å²) in [5.74, 6) is 0.963. The fraction of sp³-hybridized carbons (Fsp3) is 0.273. The Bertz CT molecular complexity index is 1000. The minimum absolute atomic E-state index is 0.0296. The van der Waals surface area contributed by atoms with Gasteiger partial charge in [-0.1, -0.05) is 47.1 Å². The third-order valence-corrected chi connectivity index (χ3v) is 5.11. The van der Waals surface area contributed by atoms with Gasteiger partial charge in [0.15, 0.2) is 0 Å². The zero-order chi connectivity index (χ0) is 21.0. The summed E-state index contributed by atoms with van der Waals surface area (Å²) in [6, 6.07) is 15.0. The van der Waals surface area contributed by atoms with Crippen molar-refractivity contribution in [3.05, 3.63) is 70.4 Å². The molecule has 0 radical (unpaired) electrons. The molecule has 0 aliphatic heterocycles. The van der Waals surface area contributed by atoms with E-state index in [0.717, 1.165) is 11.3 Å². The van der Waals surface area contributed by atoms with Gasteiger partial charge >= 0.3 is 0 Å². The number of aromatic nitrogens is 1.